The Labute approximate surface area is 125 Å². The van der Waals surface area contributed by atoms with Gasteiger partial charge in [-0.1, -0.05) is 6.92 Å². The number of carbonyl (C=O) groups excluding carboxylic acids is 2. The fourth-order valence-electron chi connectivity index (χ4n) is 3.77. The minimum atomic E-state index is -0.103. The van der Waals surface area contributed by atoms with E-state index in [-0.39, 0.29) is 11.8 Å². The molecule has 2 unspecified atom stereocenters. The van der Waals surface area contributed by atoms with Crippen molar-refractivity contribution >= 4 is 17.5 Å². The Hall–Kier alpha value is -1.43. The maximum atomic E-state index is 12.8. The maximum absolute atomic E-state index is 12.8. The predicted octanol–water partition coefficient (Wildman–Crippen LogP) is 0.774. The summed E-state index contributed by atoms with van der Waals surface area (Å²) in [5, 5.41) is 7.59. The van der Waals surface area contributed by atoms with Gasteiger partial charge in [0.05, 0.1) is 0 Å². The number of hydrogen-bond donors (Lipinski definition) is 2. The third-order valence-corrected chi connectivity index (χ3v) is 4.77. The van der Waals surface area contributed by atoms with Crippen molar-refractivity contribution in [3.05, 3.63) is 0 Å². The standard InChI is InChI=1S/C15H24N4O2/c1-2-7-19(12-8-10-3-4-11(9-12)16-10)15(21)13-5-6-14(20)18-17-13/h10-12,16H,2-9H2,1H3,(H,18,20). The number of nitrogens with zero attached hydrogens (tertiary/aromatic N) is 2. The van der Waals surface area contributed by atoms with Crippen molar-refractivity contribution < 1.29 is 9.59 Å². The fourth-order valence-corrected chi connectivity index (χ4v) is 3.77. The average molecular weight is 292 g/mol. The molecule has 0 spiro atoms. The summed E-state index contributed by atoms with van der Waals surface area (Å²) in [7, 11) is 0. The number of hydrogen-bond acceptors (Lipinski definition) is 4. The van der Waals surface area contributed by atoms with Gasteiger partial charge < -0.3 is 10.2 Å². The van der Waals surface area contributed by atoms with E-state index >= 15 is 0 Å². The van der Waals surface area contributed by atoms with E-state index in [1.54, 1.807) is 0 Å². The number of amides is 2. The summed E-state index contributed by atoms with van der Waals surface area (Å²) in [5.74, 6) is -0.0864. The average Bonchev–Trinajstić information content (AvgIpc) is 2.83. The van der Waals surface area contributed by atoms with Crippen LogP contribution in [0.3, 0.4) is 0 Å². The number of nitrogens with one attached hydrogen (secondary N) is 2. The number of hydrazone groups is 1. The Morgan fingerprint density at radius 1 is 1.29 bits per heavy atom. The van der Waals surface area contributed by atoms with Gasteiger partial charge in [0, 0.05) is 37.5 Å². The largest absolute Gasteiger partial charge is 0.334 e. The third-order valence-electron chi connectivity index (χ3n) is 4.77. The Morgan fingerprint density at radius 2 is 2.00 bits per heavy atom. The van der Waals surface area contributed by atoms with Gasteiger partial charge in [0.25, 0.3) is 5.91 Å². The fraction of sp³-hybridized carbons (Fsp3) is 0.800. The Bertz CT molecular complexity index is 451. The molecule has 3 aliphatic heterocycles. The normalized spacial score (nSPS) is 31.6. The van der Waals surface area contributed by atoms with Crippen molar-refractivity contribution in [3.8, 4) is 0 Å². The lowest BCUT2D eigenvalue weighted by Crippen LogP contribution is -2.52. The highest BCUT2D eigenvalue weighted by Crippen LogP contribution is 2.30. The van der Waals surface area contributed by atoms with Crippen LogP contribution in [0.5, 0.6) is 0 Å². The van der Waals surface area contributed by atoms with Gasteiger partial charge in [-0.3, -0.25) is 9.59 Å². The summed E-state index contributed by atoms with van der Waals surface area (Å²) in [6.45, 7) is 2.87. The lowest BCUT2D eigenvalue weighted by atomic mass is 9.97. The molecular formula is C15H24N4O2. The summed E-state index contributed by atoms with van der Waals surface area (Å²) in [4.78, 5) is 25.9. The Balaban J connectivity index is 1.71. The molecule has 6 heteroatoms. The van der Waals surface area contributed by atoms with E-state index in [2.05, 4.69) is 22.8 Å². The van der Waals surface area contributed by atoms with Crippen molar-refractivity contribution in [3.63, 3.8) is 0 Å². The van der Waals surface area contributed by atoms with E-state index in [1.807, 2.05) is 4.90 Å². The van der Waals surface area contributed by atoms with Gasteiger partial charge in [-0.05, 0) is 32.1 Å². The van der Waals surface area contributed by atoms with E-state index in [0.29, 0.717) is 36.7 Å². The van der Waals surface area contributed by atoms with Gasteiger partial charge >= 0.3 is 0 Å². The minimum absolute atomic E-state index is 0.0168. The Morgan fingerprint density at radius 3 is 2.57 bits per heavy atom. The van der Waals surface area contributed by atoms with E-state index in [0.717, 1.165) is 25.8 Å². The van der Waals surface area contributed by atoms with Crippen LogP contribution in [-0.2, 0) is 9.59 Å². The molecule has 2 fully saturated rings. The molecule has 2 N–H and O–H groups in total. The molecule has 3 rings (SSSR count). The van der Waals surface area contributed by atoms with Crippen molar-refractivity contribution in [2.45, 2.75) is 70.0 Å². The summed E-state index contributed by atoms with van der Waals surface area (Å²) >= 11 is 0. The van der Waals surface area contributed by atoms with Crippen molar-refractivity contribution in [2.24, 2.45) is 5.10 Å². The van der Waals surface area contributed by atoms with Crippen LogP contribution in [0, 0.1) is 0 Å². The monoisotopic (exact) mass is 292 g/mol. The van der Waals surface area contributed by atoms with Crippen LogP contribution in [0.1, 0.15) is 51.9 Å². The van der Waals surface area contributed by atoms with Crippen LogP contribution in [0.2, 0.25) is 0 Å². The zero-order chi connectivity index (χ0) is 14.8. The summed E-state index contributed by atoms with van der Waals surface area (Å²) in [5.41, 5.74) is 2.94. The lowest BCUT2D eigenvalue weighted by molar-refractivity contribution is -0.127. The molecule has 21 heavy (non-hydrogen) atoms. The number of carbonyl (C=O) groups is 2. The minimum Gasteiger partial charge on any atom is -0.334 e. The van der Waals surface area contributed by atoms with Gasteiger partial charge in [0.15, 0.2) is 0 Å². The third kappa shape index (κ3) is 3.10. The first kappa shape index (κ1) is 14.5. The molecule has 2 atom stereocenters. The predicted molar refractivity (Wildman–Crippen MR) is 79.8 cm³/mol. The van der Waals surface area contributed by atoms with E-state index in [4.69, 9.17) is 0 Å². The van der Waals surface area contributed by atoms with Crippen molar-refractivity contribution in [2.75, 3.05) is 6.54 Å². The van der Waals surface area contributed by atoms with Crippen LogP contribution in [0.25, 0.3) is 0 Å². The quantitative estimate of drug-likeness (QED) is 0.804. The molecule has 6 nitrogen and oxygen atoms in total. The van der Waals surface area contributed by atoms with E-state index < -0.39 is 0 Å². The lowest BCUT2D eigenvalue weighted by Gasteiger charge is -2.38. The highest BCUT2D eigenvalue weighted by atomic mass is 16.2. The molecule has 116 valence electrons. The summed E-state index contributed by atoms with van der Waals surface area (Å²) in [6, 6.07) is 1.44. The van der Waals surface area contributed by atoms with Crippen LogP contribution >= 0.6 is 0 Å². The summed E-state index contributed by atoms with van der Waals surface area (Å²) < 4.78 is 0. The molecule has 0 saturated carbocycles. The van der Waals surface area contributed by atoms with Crippen LogP contribution in [0.15, 0.2) is 5.10 Å². The van der Waals surface area contributed by atoms with Gasteiger partial charge in [-0.25, -0.2) is 5.43 Å². The van der Waals surface area contributed by atoms with Gasteiger partial charge in [0.1, 0.15) is 5.71 Å². The van der Waals surface area contributed by atoms with Crippen molar-refractivity contribution in [1.29, 1.82) is 0 Å². The topological polar surface area (TPSA) is 73.8 Å². The second-order valence-electron chi connectivity index (χ2n) is 6.36. The molecular weight excluding hydrogens is 268 g/mol. The number of piperidine rings is 1. The van der Waals surface area contributed by atoms with Gasteiger partial charge in [-0.15, -0.1) is 0 Å². The smallest absolute Gasteiger partial charge is 0.270 e. The molecule has 3 heterocycles. The zero-order valence-electron chi connectivity index (χ0n) is 12.6. The second-order valence-corrected chi connectivity index (χ2v) is 6.36. The van der Waals surface area contributed by atoms with Gasteiger partial charge in [-0.2, -0.15) is 5.10 Å². The molecule has 0 radical (unpaired) electrons. The van der Waals surface area contributed by atoms with E-state index in [1.165, 1.54) is 12.8 Å². The number of fused-ring (bicyclic) bond motifs is 2. The molecule has 2 amide bonds. The molecule has 2 bridgehead atoms. The maximum Gasteiger partial charge on any atom is 0.270 e. The molecule has 2 saturated heterocycles. The molecule has 0 aromatic heterocycles. The first-order valence-electron chi connectivity index (χ1n) is 8.09. The summed E-state index contributed by atoms with van der Waals surface area (Å²) in [6.07, 6.45) is 6.32. The highest BCUT2D eigenvalue weighted by Gasteiger charge is 2.38. The van der Waals surface area contributed by atoms with E-state index in [9.17, 15) is 9.59 Å². The van der Waals surface area contributed by atoms with Crippen LogP contribution in [-0.4, -0.2) is 47.1 Å². The van der Waals surface area contributed by atoms with Crippen molar-refractivity contribution in [1.82, 2.24) is 15.6 Å². The molecule has 0 aliphatic carbocycles. The second kappa shape index (κ2) is 6.13. The Kier molecular flexibility index (Phi) is 4.24. The molecule has 3 aliphatic rings. The first-order valence-corrected chi connectivity index (χ1v) is 8.09. The first-order chi connectivity index (χ1) is 10.2. The molecule has 0 aromatic carbocycles. The van der Waals surface area contributed by atoms with Crippen LogP contribution < -0.4 is 10.7 Å². The molecule has 0 aromatic rings. The SMILES string of the molecule is CCCN(C(=O)C1=NNC(=O)CC1)C1CC2CCC(C1)N2. The highest BCUT2D eigenvalue weighted by molar-refractivity contribution is 6.39. The van der Waals surface area contributed by atoms with Crippen LogP contribution in [0.4, 0.5) is 0 Å². The zero-order valence-corrected chi connectivity index (χ0v) is 12.6. The van der Waals surface area contributed by atoms with Gasteiger partial charge in [0.2, 0.25) is 5.91 Å². The number of rotatable bonds is 4.